The zero-order valence-electron chi connectivity index (χ0n) is 12.9. The number of methoxy groups -OCH3 is 1. The lowest BCUT2D eigenvalue weighted by Gasteiger charge is -2.15. The minimum atomic E-state index is 0.318. The van der Waals surface area contributed by atoms with E-state index in [1.807, 2.05) is 36.4 Å². The van der Waals surface area contributed by atoms with Crippen LogP contribution in [0, 0.1) is 3.57 Å². The first-order valence-corrected chi connectivity index (χ1v) is 8.95. The number of rotatable bonds is 5. The van der Waals surface area contributed by atoms with Crippen LogP contribution in [0.5, 0.6) is 5.75 Å². The molecule has 0 amide bonds. The topological polar surface area (TPSA) is 30.5 Å². The number of hydrogen-bond acceptors (Lipinski definition) is 3. The van der Waals surface area contributed by atoms with E-state index in [9.17, 15) is 0 Å². The number of aryl methyl sites for hydroxylation is 1. The standard InChI is InChI=1S/C17H17ClINO2S/c1-3-11-7-8-16(13(18)9-11)22-10-12-14(19)5-4-6-15(12)20-17(23)21-2/h4-9H,3,10H2,1-2H3,(H,20,23). The van der Waals surface area contributed by atoms with E-state index in [4.69, 9.17) is 33.3 Å². The lowest BCUT2D eigenvalue weighted by molar-refractivity contribution is 0.306. The molecule has 0 heterocycles. The average molecular weight is 462 g/mol. The molecular formula is C17H17ClINO2S. The fourth-order valence-electron chi connectivity index (χ4n) is 2.01. The molecule has 0 saturated carbocycles. The van der Waals surface area contributed by atoms with Gasteiger partial charge in [-0.25, -0.2) is 0 Å². The van der Waals surface area contributed by atoms with E-state index in [0.29, 0.717) is 22.6 Å². The van der Waals surface area contributed by atoms with Gasteiger partial charge in [0.25, 0.3) is 5.17 Å². The van der Waals surface area contributed by atoms with Crippen LogP contribution in [-0.2, 0) is 17.8 Å². The van der Waals surface area contributed by atoms with Crippen LogP contribution in [0.4, 0.5) is 5.69 Å². The Bertz CT molecular complexity index is 709. The number of ether oxygens (including phenoxy) is 2. The predicted octanol–water partition coefficient (Wildman–Crippen LogP) is 5.43. The number of nitrogens with one attached hydrogen (secondary N) is 1. The molecule has 0 aliphatic heterocycles. The summed E-state index contributed by atoms with van der Waals surface area (Å²) in [5, 5.41) is 4.00. The van der Waals surface area contributed by atoms with Gasteiger partial charge in [0, 0.05) is 14.8 Å². The van der Waals surface area contributed by atoms with E-state index in [1.165, 1.54) is 12.7 Å². The molecule has 2 rings (SSSR count). The predicted molar refractivity (Wildman–Crippen MR) is 108 cm³/mol. The highest BCUT2D eigenvalue weighted by atomic mass is 127. The first-order valence-electron chi connectivity index (χ1n) is 7.08. The Kier molecular flexibility index (Phi) is 6.92. The van der Waals surface area contributed by atoms with Gasteiger partial charge in [0.05, 0.1) is 12.1 Å². The Balaban J connectivity index is 2.18. The third kappa shape index (κ3) is 4.96. The second-order valence-corrected chi connectivity index (χ2v) is 6.73. The van der Waals surface area contributed by atoms with Crippen LogP contribution in [0.25, 0.3) is 0 Å². The van der Waals surface area contributed by atoms with Crippen molar-refractivity contribution < 1.29 is 9.47 Å². The van der Waals surface area contributed by atoms with Crippen LogP contribution in [-0.4, -0.2) is 12.3 Å². The van der Waals surface area contributed by atoms with E-state index in [1.54, 1.807) is 0 Å². The van der Waals surface area contributed by atoms with Crippen molar-refractivity contribution in [1.82, 2.24) is 0 Å². The van der Waals surface area contributed by atoms with Crippen LogP contribution in [0.1, 0.15) is 18.1 Å². The van der Waals surface area contributed by atoms with E-state index >= 15 is 0 Å². The first kappa shape index (κ1) is 18.3. The van der Waals surface area contributed by atoms with Gasteiger partial charge in [-0.3, -0.25) is 0 Å². The number of anilines is 1. The second-order valence-electron chi connectivity index (χ2n) is 4.79. The van der Waals surface area contributed by atoms with Gasteiger partial charge in [-0.2, -0.15) is 0 Å². The fraction of sp³-hybridized carbons (Fsp3) is 0.235. The first-order chi connectivity index (χ1) is 11.0. The molecule has 0 aliphatic rings. The van der Waals surface area contributed by atoms with Crippen LogP contribution < -0.4 is 10.1 Å². The molecule has 0 unspecified atom stereocenters. The molecule has 0 aromatic heterocycles. The zero-order chi connectivity index (χ0) is 16.8. The Labute approximate surface area is 160 Å². The lowest BCUT2D eigenvalue weighted by Crippen LogP contribution is -2.13. The molecule has 23 heavy (non-hydrogen) atoms. The molecule has 0 bridgehead atoms. The summed E-state index contributed by atoms with van der Waals surface area (Å²) in [6, 6.07) is 11.8. The minimum absolute atomic E-state index is 0.318. The maximum Gasteiger partial charge on any atom is 0.260 e. The number of benzene rings is 2. The van der Waals surface area contributed by atoms with Crippen LogP contribution in [0.15, 0.2) is 36.4 Å². The summed E-state index contributed by atoms with van der Waals surface area (Å²) < 4.78 is 12.0. The summed E-state index contributed by atoms with van der Waals surface area (Å²) in [7, 11) is 1.54. The van der Waals surface area contributed by atoms with Gasteiger partial charge in [-0.1, -0.05) is 30.7 Å². The highest BCUT2D eigenvalue weighted by molar-refractivity contribution is 14.1. The summed E-state index contributed by atoms with van der Waals surface area (Å²) in [5.41, 5.74) is 3.05. The lowest BCUT2D eigenvalue weighted by atomic mass is 10.1. The normalized spacial score (nSPS) is 10.3. The Morgan fingerprint density at radius 3 is 2.74 bits per heavy atom. The van der Waals surface area contributed by atoms with Crippen molar-refractivity contribution in [2.45, 2.75) is 20.0 Å². The van der Waals surface area contributed by atoms with Gasteiger partial charge in [0.1, 0.15) is 12.4 Å². The molecule has 3 nitrogen and oxygen atoms in total. The molecule has 0 radical (unpaired) electrons. The quantitative estimate of drug-likeness (QED) is 0.475. The third-order valence-electron chi connectivity index (χ3n) is 3.32. The summed E-state index contributed by atoms with van der Waals surface area (Å²) >= 11 is 13.6. The molecule has 6 heteroatoms. The molecular weight excluding hydrogens is 445 g/mol. The molecule has 0 atom stereocenters. The third-order valence-corrected chi connectivity index (χ3v) is 4.89. The highest BCUT2D eigenvalue weighted by Crippen LogP contribution is 2.29. The smallest absolute Gasteiger partial charge is 0.260 e. The van der Waals surface area contributed by atoms with Crippen molar-refractivity contribution in [2.24, 2.45) is 0 Å². The molecule has 122 valence electrons. The van der Waals surface area contributed by atoms with Crippen molar-refractivity contribution in [3.8, 4) is 5.75 Å². The Morgan fingerprint density at radius 1 is 1.30 bits per heavy atom. The second kappa shape index (κ2) is 8.70. The maximum absolute atomic E-state index is 6.28. The fourth-order valence-corrected chi connectivity index (χ4v) is 3.04. The van der Waals surface area contributed by atoms with E-state index < -0.39 is 0 Å². The van der Waals surface area contributed by atoms with Crippen LogP contribution >= 0.6 is 46.4 Å². The van der Waals surface area contributed by atoms with E-state index in [-0.39, 0.29) is 0 Å². The molecule has 1 N–H and O–H groups in total. The zero-order valence-corrected chi connectivity index (χ0v) is 16.6. The van der Waals surface area contributed by atoms with Crippen molar-refractivity contribution >= 4 is 57.3 Å². The van der Waals surface area contributed by atoms with Crippen molar-refractivity contribution in [2.75, 3.05) is 12.4 Å². The summed E-state index contributed by atoms with van der Waals surface area (Å²) in [6.45, 7) is 2.48. The van der Waals surface area contributed by atoms with Gasteiger partial charge in [-0.15, -0.1) is 0 Å². The molecule has 2 aromatic carbocycles. The highest BCUT2D eigenvalue weighted by Gasteiger charge is 2.10. The van der Waals surface area contributed by atoms with Gasteiger partial charge in [0.15, 0.2) is 0 Å². The largest absolute Gasteiger partial charge is 0.487 e. The number of thiocarbonyl (C=S) groups is 1. The summed E-state index contributed by atoms with van der Waals surface area (Å²) in [5.74, 6) is 0.670. The minimum Gasteiger partial charge on any atom is -0.487 e. The Morgan fingerprint density at radius 2 is 2.09 bits per heavy atom. The van der Waals surface area contributed by atoms with Crippen LogP contribution in [0.2, 0.25) is 5.02 Å². The van der Waals surface area contributed by atoms with Crippen molar-refractivity contribution in [3.05, 3.63) is 56.1 Å². The van der Waals surface area contributed by atoms with Gasteiger partial charge in [-0.05, 0) is 71.1 Å². The van der Waals surface area contributed by atoms with E-state index in [0.717, 1.165) is 21.2 Å². The Hall–Kier alpha value is -1.05. The van der Waals surface area contributed by atoms with Crippen LogP contribution in [0.3, 0.4) is 0 Å². The molecule has 0 saturated heterocycles. The van der Waals surface area contributed by atoms with Crippen molar-refractivity contribution in [3.63, 3.8) is 0 Å². The van der Waals surface area contributed by atoms with Gasteiger partial charge >= 0.3 is 0 Å². The molecule has 0 spiro atoms. The number of hydrogen-bond donors (Lipinski definition) is 1. The van der Waals surface area contributed by atoms with E-state index in [2.05, 4.69) is 34.8 Å². The molecule has 2 aromatic rings. The molecule has 0 aliphatic carbocycles. The monoisotopic (exact) mass is 461 g/mol. The maximum atomic E-state index is 6.28. The number of halogens is 2. The SMILES string of the molecule is CCc1ccc(OCc2c(I)cccc2NC(=S)OC)c(Cl)c1. The summed E-state index contributed by atoms with van der Waals surface area (Å²) in [6.07, 6.45) is 0.944. The summed E-state index contributed by atoms with van der Waals surface area (Å²) in [4.78, 5) is 0. The average Bonchev–Trinajstić information content (AvgIpc) is 2.55. The van der Waals surface area contributed by atoms with Crippen molar-refractivity contribution in [1.29, 1.82) is 0 Å². The molecule has 0 fully saturated rings. The van der Waals surface area contributed by atoms with Gasteiger partial charge < -0.3 is 14.8 Å². The van der Waals surface area contributed by atoms with Gasteiger partial charge in [0.2, 0.25) is 0 Å².